The maximum atomic E-state index is 12.1. The van der Waals surface area contributed by atoms with Crippen molar-refractivity contribution in [3.05, 3.63) is 54.1 Å². The molecule has 134 valence electrons. The summed E-state index contributed by atoms with van der Waals surface area (Å²) in [5, 5.41) is 23.7. The first kappa shape index (κ1) is 17.6. The van der Waals surface area contributed by atoms with Gasteiger partial charge in [0, 0.05) is 11.3 Å². The Morgan fingerprint density at radius 2 is 1.96 bits per heavy atom. The van der Waals surface area contributed by atoms with Crippen LogP contribution in [0, 0.1) is 6.92 Å². The number of aliphatic hydroxyl groups is 1. The Morgan fingerprint density at radius 1 is 1.19 bits per heavy atom. The topological polar surface area (TPSA) is 102 Å². The maximum absolute atomic E-state index is 12.1. The summed E-state index contributed by atoms with van der Waals surface area (Å²) in [6.07, 6.45) is 0. The van der Waals surface area contributed by atoms with E-state index in [9.17, 15) is 4.79 Å². The van der Waals surface area contributed by atoms with E-state index >= 15 is 0 Å². The second-order valence-corrected chi connectivity index (χ2v) is 5.60. The lowest BCUT2D eigenvalue weighted by atomic mass is 10.2. The summed E-state index contributed by atoms with van der Waals surface area (Å²) >= 11 is 0. The standard InChI is InChI=1S/C18H19N5O3/c1-13-4-2-3-5-16(13)19-17(25)12-23-21-18(20-22-23)14-6-8-15(9-7-14)26-11-10-24/h2-9,24H,10-12H2,1H3,(H,19,25). The molecule has 0 aliphatic carbocycles. The van der Waals surface area contributed by atoms with Crippen LogP contribution in [0.4, 0.5) is 5.69 Å². The quantitative estimate of drug-likeness (QED) is 0.670. The van der Waals surface area contributed by atoms with Gasteiger partial charge < -0.3 is 15.2 Å². The van der Waals surface area contributed by atoms with Crippen molar-refractivity contribution in [2.24, 2.45) is 0 Å². The minimum absolute atomic E-state index is 0.0287. The lowest BCUT2D eigenvalue weighted by Gasteiger charge is -2.07. The highest BCUT2D eigenvalue weighted by atomic mass is 16.5. The van der Waals surface area contributed by atoms with Gasteiger partial charge in [-0.1, -0.05) is 18.2 Å². The van der Waals surface area contributed by atoms with Crippen molar-refractivity contribution < 1.29 is 14.6 Å². The highest BCUT2D eigenvalue weighted by Crippen LogP contribution is 2.18. The summed E-state index contributed by atoms with van der Waals surface area (Å²) < 4.78 is 5.31. The third kappa shape index (κ3) is 4.42. The van der Waals surface area contributed by atoms with E-state index in [2.05, 4.69) is 20.7 Å². The number of ether oxygens (including phenoxy) is 1. The summed E-state index contributed by atoms with van der Waals surface area (Å²) in [6, 6.07) is 14.7. The summed E-state index contributed by atoms with van der Waals surface area (Å²) in [5.41, 5.74) is 2.50. The van der Waals surface area contributed by atoms with Gasteiger partial charge in [-0.2, -0.15) is 4.80 Å². The van der Waals surface area contributed by atoms with Gasteiger partial charge in [-0.3, -0.25) is 4.79 Å². The Labute approximate surface area is 150 Å². The van der Waals surface area contributed by atoms with Gasteiger partial charge in [-0.15, -0.1) is 10.2 Å². The van der Waals surface area contributed by atoms with Crippen LogP contribution in [0.3, 0.4) is 0 Å². The fraction of sp³-hybridized carbons (Fsp3) is 0.222. The van der Waals surface area contributed by atoms with E-state index in [1.54, 1.807) is 24.3 Å². The molecule has 0 aliphatic rings. The van der Waals surface area contributed by atoms with Crippen molar-refractivity contribution >= 4 is 11.6 Å². The first-order valence-electron chi connectivity index (χ1n) is 8.13. The second kappa shape index (κ2) is 8.21. The Kier molecular flexibility index (Phi) is 5.55. The monoisotopic (exact) mass is 353 g/mol. The smallest absolute Gasteiger partial charge is 0.248 e. The predicted molar refractivity (Wildman–Crippen MR) is 95.6 cm³/mol. The molecule has 2 aromatic carbocycles. The van der Waals surface area contributed by atoms with Crippen molar-refractivity contribution in [2.75, 3.05) is 18.5 Å². The molecular formula is C18H19N5O3. The molecule has 0 aliphatic heterocycles. The van der Waals surface area contributed by atoms with Crippen LogP contribution in [0.5, 0.6) is 5.75 Å². The molecule has 0 atom stereocenters. The number of tetrazole rings is 1. The largest absolute Gasteiger partial charge is 0.491 e. The van der Waals surface area contributed by atoms with Crippen LogP contribution in [-0.2, 0) is 11.3 Å². The van der Waals surface area contributed by atoms with Crippen LogP contribution in [0.1, 0.15) is 5.56 Å². The molecule has 0 radical (unpaired) electrons. The highest BCUT2D eigenvalue weighted by molar-refractivity contribution is 5.91. The van der Waals surface area contributed by atoms with Crippen molar-refractivity contribution in [1.82, 2.24) is 20.2 Å². The molecule has 0 unspecified atom stereocenters. The molecule has 26 heavy (non-hydrogen) atoms. The van der Waals surface area contributed by atoms with E-state index < -0.39 is 0 Å². The Hall–Kier alpha value is -3.26. The number of aliphatic hydroxyl groups excluding tert-OH is 1. The van der Waals surface area contributed by atoms with Gasteiger partial charge in [-0.05, 0) is 48.0 Å². The van der Waals surface area contributed by atoms with Crippen molar-refractivity contribution in [1.29, 1.82) is 0 Å². The molecular weight excluding hydrogens is 334 g/mol. The molecule has 0 spiro atoms. The number of rotatable bonds is 7. The first-order valence-corrected chi connectivity index (χ1v) is 8.13. The minimum Gasteiger partial charge on any atom is -0.491 e. The fourth-order valence-corrected chi connectivity index (χ4v) is 2.32. The Balaban J connectivity index is 1.62. The number of aromatic nitrogens is 4. The molecule has 2 N–H and O–H groups in total. The zero-order valence-electron chi connectivity index (χ0n) is 14.3. The third-order valence-electron chi connectivity index (χ3n) is 3.63. The lowest BCUT2D eigenvalue weighted by Crippen LogP contribution is -2.20. The van der Waals surface area contributed by atoms with Gasteiger partial charge in [0.05, 0.1) is 6.61 Å². The summed E-state index contributed by atoms with van der Waals surface area (Å²) in [5.74, 6) is 0.839. The van der Waals surface area contributed by atoms with Gasteiger partial charge >= 0.3 is 0 Å². The first-order chi connectivity index (χ1) is 12.7. The number of benzene rings is 2. The number of hydrogen-bond donors (Lipinski definition) is 2. The number of carbonyl (C=O) groups is 1. The maximum Gasteiger partial charge on any atom is 0.248 e. The Morgan fingerprint density at radius 3 is 2.69 bits per heavy atom. The zero-order valence-corrected chi connectivity index (χ0v) is 14.3. The highest BCUT2D eigenvalue weighted by Gasteiger charge is 2.10. The van der Waals surface area contributed by atoms with Crippen LogP contribution in [-0.4, -0.2) is 44.4 Å². The van der Waals surface area contributed by atoms with Crippen molar-refractivity contribution in [2.45, 2.75) is 13.5 Å². The molecule has 1 aromatic heterocycles. The number of anilines is 1. The molecule has 0 fully saturated rings. The molecule has 8 heteroatoms. The molecule has 3 rings (SSSR count). The van der Waals surface area contributed by atoms with Crippen LogP contribution < -0.4 is 10.1 Å². The van der Waals surface area contributed by atoms with Gasteiger partial charge in [0.25, 0.3) is 0 Å². The summed E-state index contributed by atoms with van der Waals surface area (Å²) in [4.78, 5) is 13.4. The zero-order chi connectivity index (χ0) is 18.4. The lowest BCUT2D eigenvalue weighted by molar-refractivity contribution is -0.117. The van der Waals surface area contributed by atoms with E-state index in [0.29, 0.717) is 11.6 Å². The van der Waals surface area contributed by atoms with Gasteiger partial charge in [0.2, 0.25) is 11.7 Å². The van der Waals surface area contributed by atoms with Gasteiger partial charge in [0.15, 0.2) is 0 Å². The fourth-order valence-electron chi connectivity index (χ4n) is 2.32. The predicted octanol–water partition coefficient (Wildman–Crippen LogP) is 1.66. The number of carbonyl (C=O) groups excluding carboxylic acids is 1. The van der Waals surface area contributed by atoms with Crippen LogP contribution in [0.2, 0.25) is 0 Å². The molecule has 0 saturated heterocycles. The SMILES string of the molecule is Cc1ccccc1NC(=O)Cn1nnc(-c2ccc(OCCO)cc2)n1. The van der Waals surface area contributed by atoms with Crippen LogP contribution in [0.15, 0.2) is 48.5 Å². The van der Waals surface area contributed by atoms with Gasteiger partial charge in [-0.25, -0.2) is 0 Å². The van der Waals surface area contributed by atoms with Crippen molar-refractivity contribution in [3.8, 4) is 17.1 Å². The number of nitrogens with zero attached hydrogens (tertiary/aromatic N) is 4. The number of hydrogen-bond acceptors (Lipinski definition) is 6. The number of nitrogens with one attached hydrogen (secondary N) is 1. The normalized spacial score (nSPS) is 10.5. The van der Waals surface area contributed by atoms with Crippen LogP contribution >= 0.6 is 0 Å². The number of aryl methyl sites for hydroxylation is 1. The van der Waals surface area contributed by atoms with E-state index in [4.69, 9.17) is 9.84 Å². The molecule has 0 saturated carbocycles. The molecule has 0 bridgehead atoms. The summed E-state index contributed by atoms with van der Waals surface area (Å²) in [7, 11) is 0. The van der Waals surface area contributed by atoms with Crippen molar-refractivity contribution in [3.63, 3.8) is 0 Å². The average molecular weight is 353 g/mol. The number of amides is 1. The van der Waals surface area contributed by atoms with Crippen LogP contribution in [0.25, 0.3) is 11.4 Å². The van der Waals surface area contributed by atoms with Gasteiger partial charge in [0.1, 0.15) is 18.9 Å². The molecule has 1 heterocycles. The molecule has 3 aromatic rings. The molecule has 8 nitrogen and oxygen atoms in total. The Bertz CT molecular complexity index is 877. The van der Waals surface area contributed by atoms with E-state index in [1.165, 1.54) is 4.80 Å². The van der Waals surface area contributed by atoms with E-state index in [-0.39, 0.29) is 25.7 Å². The van der Waals surface area contributed by atoms with E-state index in [1.807, 2.05) is 31.2 Å². The summed E-state index contributed by atoms with van der Waals surface area (Å²) in [6.45, 7) is 2.10. The minimum atomic E-state index is -0.226. The molecule has 1 amide bonds. The number of para-hydroxylation sites is 1. The second-order valence-electron chi connectivity index (χ2n) is 5.60. The third-order valence-corrected chi connectivity index (χ3v) is 3.63. The average Bonchev–Trinajstić information content (AvgIpc) is 3.10. The van der Waals surface area contributed by atoms with E-state index in [0.717, 1.165) is 16.8 Å².